The zero-order valence-corrected chi connectivity index (χ0v) is 12.1. The van der Waals surface area contributed by atoms with Gasteiger partial charge in [0, 0.05) is 11.8 Å². The number of aliphatic hydroxyl groups is 1. The predicted octanol–water partition coefficient (Wildman–Crippen LogP) is 3.76. The number of hydrogen-bond acceptors (Lipinski definition) is 2. The first-order chi connectivity index (χ1) is 9.60. The second-order valence-corrected chi connectivity index (χ2v) is 5.40. The summed E-state index contributed by atoms with van der Waals surface area (Å²) in [4.78, 5) is 4.67. The van der Waals surface area contributed by atoms with Gasteiger partial charge in [0.1, 0.15) is 5.65 Å². The van der Waals surface area contributed by atoms with E-state index >= 15 is 0 Å². The van der Waals surface area contributed by atoms with Crippen LogP contribution in [0.15, 0.2) is 36.5 Å². The smallest absolute Gasteiger partial charge is 0.140 e. The van der Waals surface area contributed by atoms with Crippen molar-refractivity contribution in [2.75, 3.05) is 0 Å². The minimum Gasteiger partial charge on any atom is -0.390 e. The van der Waals surface area contributed by atoms with Gasteiger partial charge in [0.05, 0.1) is 23.0 Å². The van der Waals surface area contributed by atoms with Crippen molar-refractivity contribution in [1.29, 1.82) is 0 Å². The van der Waals surface area contributed by atoms with Gasteiger partial charge in [-0.25, -0.2) is 4.98 Å². The van der Waals surface area contributed by atoms with Gasteiger partial charge in [-0.05, 0) is 25.5 Å². The molecular formula is C16H15ClN2O. The molecule has 0 aliphatic rings. The largest absolute Gasteiger partial charge is 0.390 e. The minimum atomic E-state index is -0.0792. The van der Waals surface area contributed by atoms with Crippen LogP contribution in [0.5, 0.6) is 0 Å². The highest BCUT2D eigenvalue weighted by atomic mass is 35.5. The fourth-order valence-electron chi connectivity index (χ4n) is 2.41. The third-order valence-electron chi connectivity index (χ3n) is 3.44. The van der Waals surface area contributed by atoms with E-state index < -0.39 is 0 Å². The summed E-state index contributed by atoms with van der Waals surface area (Å²) in [6.07, 6.45) is 1.79. The Morgan fingerprint density at radius 3 is 2.55 bits per heavy atom. The molecule has 102 valence electrons. The molecule has 0 saturated heterocycles. The van der Waals surface area contributed by atoms with Gasteiger partial charge >= 0.3 is 0 Å². The number of halogens is 1. The fraction of sp³-hybridized carbons (Fsp3) is 0.188. The maximum atomic E-state index is 9.70. The molecule has 3 aromatic rings. The number of aryl methyl sites for hydroxylation is 2. The molecule has 0 saturated carbocycles. The van der Waals surface area contributed by atoms with Gasteiger partial charge in [0.25, 0.3) is 0 Å². The van der Waals surface area contributed by atoms with Gasteiger partial charge < -0.3 is 5.11 Å². The molecule has 3 nitrogen and oxygen atoms in total. The van der Waals surface area contributed by atoms with E-state index in [-0.39, 0.29) is 6.61 Å². The number of nitrogens with zero attached hydrogens (tertiary/aromatic N) is 2. The molecule has 2 heterocycles. The van der Waals surface area contributed by atoms with Crippen LogP contribution >= 0.6 is 11.6 Å². The van der Waals surface area contributed by atoms with Crippen molar-refractivity contribution >= 4 is 17.2 Å². The molecule has 1 N–H and O–H groups in total. The molecule has 0 aliphatic carbocycles. The number of rotatable bonds is 2. The van der Waals surface area contributed by atoms with E-state index in [1.165, 1.54) is 5.56 Å². The van der Waals surface area contributed by atoms with Crippen molar-refractivity contribution in [2.24, 2.45) is 0 Å². The second kappa shape index (κ2) is 4.93. The normalized spacial score (nSPS) is 11.2. The number of aliphatic hydroxyl groups excluding tert-OH is 1. The predicted molar refractivity (Wildman–Crippen MR) is 81.0 cm³/mol. The zero-order chi connectivity index (χ0) is 14.3. The lowest BCUT2D eigenvalue weighted by Gasteiger charge is -2.03. The van der Waals surface area contributed by atoms with Crippen LogP contribution in [0.1, 0.15) is 16.8 Å². The van der Waals surface area contributed by atoms with Gasteiger partial charge in [-0.1, -0.05) is 41.4 Å². The molecule has 0 fully saturated rings. The minimum absolute atomic E-state index is 0.0792. The first kappa shape index (κ1) is 13.2. The molecule has 0 bridgehead atoms. The summed E-state index contributed by atoms with van der Waals surface area (Å²) >= 11 is 6.10. The van der Waals surface area contributed by atoms with Crippen molar-refractivity contribution < 1.29 is 5.11 Å². The summed E-state index contributed by atoms with van der Waals surface area (Å²) in [6.45, 7) is 3.93. The Labute approximate surface area is 122 Å². The maximum absolute atomic E-state index is 9.70. The van der Waals surface area contributed by atoms with Gasteiger partial charge in [-0.3, -0.25) is 4.40 Å². The monoisotopic (exact) mass is 286 g/mol. The molecule has 2 aromatic heterocycles. The molecule has 3 rings (SSSR count). The Hall–Kier alpha value is -1.84. The Bertz CT molecular complexity index is 775. The Balaban J connectivity index is 2.30. The van der Waals surface area contributed by atoms with Crippen molar-refractivity contribution in [3.05, 3.63) is 58.4 Å². The van der Waals surface area contributed by atoms with Crippen LogP contribution in [-0.2, 0) is 6.61 Å². The van der Waals surface area contributed by atoms with Gasteiger partial charge in [-0.2, -0.15) is 0 Å². The van der Waals surface area contributed by atoms with E-state index in [0.29, 0.717) is 5.02 Å². The van der Waals surface area contributed by atoms with E-state index in [9.17, 15) is 5.11 Å². The number of pyridine rings is 1. The zero-order valence-electron chi connectivity index (χ0n) is 11.4. The topological polar surface area (TPSA) is 37.5 Å². The summed E-state index contributed by atoms with van der Waals surface area (Å²) in [7, 11) is 0. The van der Waals surface area contributed by atoms with Gasteiger partial charge in [-0.15, -0.1) is 0 Å². The lowest BCUT2D eigenvalue weighted by molar-refractivity contribution is 0.276. The maximum Gasteiger partial charge on any atom is 0.140 e. The fourth-order valence-corrected chi connectivity index (χ4v) is 2.67. The van der Waals surface area contributed by atoms with E-state index in [4.69, 9.17) is 11.6 Å². The van der Waals surface area contributed by atoms with Crippen LogP contribution in [0.2, 0.25) is 5.02 Å². The van der Waals surface area contributed by atoms with Crippen molar-refractivity contribution in [2.45, 2.75) is 20.5 Å². The number of hydrogen-bond donors (Lipinski definition) is 1. The lowest BCUT2D eigenvalue weighted by Crippen LogP contribution is -1.95. The molecular weight excluding hydrogens is 272 g/mol. The molecule has 20 heavy (non-hydrogen) atoms. The molecule has 0 radical (unpaired) electrons. The summed E-state index contributed by atoms with van der Waals surface area (Å²) in [5.41, 5.74) is 5.58. The average Bonchev–Trinajstić information content (AvgIpc) is 2.78. The molecule has 4 heteroatoms. The summed E-state index contributed by atoms with van der Waals surface area (Å²) in [5, 5.41) is 10.3. The number of aromatic nitrogens is 2. The molecule has 1 aromatic carbocycles. The highest BCUT2D eigenvalue weighted by Gasteiger charge is 2.15. The van der Waals surface area contributed by atoms with Crippen LogP contribution in [-0.4, -0.2) is 14.5 Å². The van der Waals surface area contributed by atoms with Crippen LogP contribution < -0.4 is 0 Å². The third-order valence-corrected chi connectivity index (χ3v) is 3.65. The number of imidazole rings is 1. The Morgan fingerprint density at radius 2 is 1.90 bits per heavy atom. The lowest BCUT2D eigenvalue weighted by atomic mass is 10.1. The molecule has 0 unspecified atom stereocenters. The quantitative estimate of drug-likeness (QED) is 0.779. The standard InChI is InChI=1S/C16H15ClN2O/c1-10-3-5-12(6-4-10)15-14(9-20)19-8-13(17)7-11(2)16(19)18-15/h3-8,20H,9H2,1-2H3. The van der Waals surface area contributed by atoms with Crippen LogP contribution in [0.3, 0.4) is 0 Å². The van der Waals surface area contributed by atoms with Gasteiger partial charge in [0.2, 0.25) is 0 Å². The SMILES string of the molecule is Cc1ccc(-c2nc3c(C)cc(Cl)cn3c2CO)cc1. The summed E-state index contributed by atoms with van der Waals surface area (Å²) in [5.74, 6) is 0. The molecule has 0 spiro atoms. The van der Waals surface area contributed by atoms with Crippen molar-refractivity contribution in [1.82, 2.24) is 9.38 Å². The number of fused-ring (bicyclic) bond motifs is 1. The second-order valence-electron chi connectivity index (χ2n) is 4.97. The van der Waals surface area contributed by atoms with E-state index in [2.05, 4.69) is 4.98 Å². The third kappa shape index (κ3) is 2.09. The molecule has 0 atom stereocenters. The van der Waals surface area contributed by atoms with Crippen molar-refractivity contribution in [3.8, 4) is 11.3 Å². The molecule has 0 amide bonds. The Kier molecular flexibility index (Phi) is 3.24. The highest BCUT2D eigenvalue weighted by Crippen LogP contribution is 2.27. The summed E-state index contributed by atoms with van der Waals surface area (Å²) < 4.78 is 1.87. The highest BCUT2D eigenvalue weighted by molar-refractivity contribution is 6.30. The van der Waals surface area contributed by atoms with E-state index in [0.717, 1.165) is 28.2 Å². The van der Waals surface area contributed by atoms with Crippen LogP contribution in [0.4, 0.5) is 0 Å². The van der Waals surface area contributed by atoms with Crippen LogP contribution in [0.25, 0.3) is 16.9 Å². The van der Waals surface area contributed by atoms with E-state index in [1.54, 1.807) is 6.20 Å². The van der Waals surface area contributed by atoms with Crippen molar-refractivity contribution in [3.63, 3.8) is 0 Å². The summed E-state index contributed by atoms with van der Waals surface area (Å²) in [6, 6.07) is 10.0. The molecule has 0 aliphatic heterocycles. The average molecular weight is 287 g/mol. The van der Waals surface area contributed by atoms with E-state index in [1.807, 2.05) is 48.6 Å². The first-order valence-electron chi connectivity index (χ1n) is 6.45. The van der Waals surface area contributed by atoms with Crippen LogP contribution in [0, 0.1) is 13.8 Å². The number of benzene rings is 1. The Morgan fingerprint density at radius 1 is 1.20 bits per heavy atom. The first-order valence-corrected chi connectivity index (χ1v) is 6.83. The van der Waals surface area contributed by atoms with Gasteiger partial charge in [0.15, 0.2) is 0 Å².